The molecule has 4 fully saturated rings. The molecule has 4 aliphatic rings. The number of aliphatic carboxylic acids is 1. The molecule has 4 nitrogen and oxygen atoms in total. The van der Waals surface area contributed by atoms with Crippen LogP contribution in [0, 0.1) is 46.3 Å². The van der Waals surface area contributed by atoms with Crippen LogP contribution in [0.15, 0.2) is 0 Å². The Morgan fingerprint density at radius 3 is 2.50 bits per heavy atom. The van der Waals surface area contributed by atoms with Crippen molar-refractivity contribution in [1.82, 2.24) is 0 Å². The molecule has 4 rings (SSSR count). The zero-order valence-corrected chi connectivity index (χ0v) is 17.9. The number of carboxylic acid groups (broad SMARTS) is 1. The van der Waals surface area contributed by atoms with Crippen LogP contribution < -0.4 is 0 Å². The molecule has 10 atom stereocenters. The first-order valence-electron chi connectivity index (χ1n) is 11.8. The molecule has 0 amide bonds. The van der Waals surface area contributed by atoms with Crippen LogP contribution in [-0.2, 0) is 4.79 Å². The van der Waals surface area contributed by atoms with E-state index < -0.39 is 5.97 Å². The van der Waals surface area contributed by atoms with E-state index in [0.717, 1.165) is 38.5 Å². The summed E-state index contributed by atoms with van der Waals surface area (Å²) < 4.78 is 0. The van der Waals surface area contributed by atoms with Gasteiger partial charge in [-0.1, -0.05) is 20.8 Å². The van der Waals surface area contributed by atoms with Gasteiger partial charge >= 0.3 is 5.97 Å². The fourth-order valence-electron chi connectivity index (χ4n) is 8.71. The average Bonchev–Trinajstić information content (AvgIpc) is 3.00. The summed E-state index contributed by atoms with van der Waals surface area (Å²) in [6.45, 7) is 6.99. The summed E-state index contributed by atoms with van der Waals surface area (Å²) >= 11 is 0. The van der Waals surface area contributed by atoms with Crippen LogP contribution in [0.4, 0.5) is 0 Å². The standard InChI is InChI=1S/C24H40O4/c1-14(4-9-22(27)28)18-7-8-19-17-6-5-15-12-16(25)10-11-23(15,2)20(17)13-21(26)24(18,19)3/h14-21,25-26H,4-13H2,1-3H3,(H,27,28)/t14-,15?,16?,17?,18?,19?,20?,21?,23?,24?/m0/s1. The van der Waals surface area contributed by atoms with Crippen LogP contribution in [0.2, 0.25) is 0 Å². The van der Waals surface area contributed by atoms with Crippen LogP contribution >= 0.6 is 0 Å². The predicted molar refractivity (Wildman–Crippen MR) is 109 cm³/mol. The first-order chi connectivity index (χ1) is 13.2. The van der Waals surface area contributed by atoms with Crippen molar-refractivity contribution in [3.05, 3.63) is 0 Å². The minimum atomic E-state index is -0.707. The second kappa shape index (κ2) is 7.27. The topological polar surface area (TPSA) is 77.8 Å². The van der Waals surface area contributed by atoms with Gasteiger partial charge in [0.05, 0.1) is 12.2 Å². The van der Waals surface area contributed by atoms with Crippen molar-refractivity contribution in [2.24, 2.45) is 46.3 Å². The number of rotatable bonds is 4. The van der Waals surface area contributed by atoms with Crippen molar-refractivity contribution < 1.29 is 20.1 Å². The van der Waals surface area contributed by atoms with Crippen molar-refractivity contribution in [2.75, 3.05) is 0 Å². The number of hydrogen-bond acceptors (Lipinski definition) is 3. The van der Waals surface area contributed by atoms with E-state index in [1.54, 1.807) is 0 Å². The lowest BCUT2D eigenvalue weighted by atomic mass is 9.43. The lowest BCUT2D eigenvalue weighted by molar-refractivity contribution is -0.175. The van der Waals surface area contributed by atoms with Gasteiger partial charge in [-0.25, -0.2) is 0 Å². The molecule has 0 bridgehead atoms. The molecule has 4 aliphatic carbocycles. The van der Waals surface area contributed by atoms with Crippen molar-refractivity contribution >= 4 is 5.97 Å². The van der Waals surface area contributed by atoms with Gasteiger partial charge in [-0.15, -0.1) is 0 Å². The summed E-state index contributed by atoms with van der Waals surface area (Å²) in [6, 6.07) is 0. The van der Waals surface area contributed by atoms with Gasteiger partial charge in [0.1, 0.15) is 0 Å². The number of carboxylic acids is 1. The Morgan fingerprint density at radius 2 is 1.79 bits per heavy atom. The summed E-state index contributed by atoms with van der Waals surface area (Å²) in [5, 5.41) is 30.8. The molecule has 0 spiro atoms. The monoisotopic (exact) mass is 392 g/mol. The highest BCUT2D eigenvalue weighted by molar-refractivity contribution is 5.66. The van der Waals surface area contributed by atoms with Crippen molar-refractivity contribution in [3.8, 4) is 0 Å². The van der Waals surface area contributed by atoms with Crippen LogP contribution in [0.25, 0.3) is 0 Å². The Balaban J connectivity index is 1.56. The molecule has 0 aromatic heterocycles. The van der Waals surface area contributed by atoms with E-state index in [1.807, 2.05) is 0 Å². The third-order valence-corrected chi connectivity index (χ3v) is 10.3. The zero-order chi connectivity index (χ0) is 20.3. The molecule has 4 saturated carbocycles. The first-order valence-corrected chi connectivity index (χ1v) is 11.8. The highest BCUT2D eigenvalue weighted by Gasteiger charge is 2.63. The van der Waals surface area contributed by atoms with E-state index in [9.17, 15) is 15.0 Å². The Labute approximate surface area is 170 Å². The second-order valence-corrected chi connectivity index (χ2v) is 11.3. The summed E-state index contributed by atoms with van der Waals surface area (Å²) in [5.41, 5.74) is 0.216. The van der Waals surface area contributed by atoms with E-state index >= 15 is 0 Å². The molecule has 0 aromatic carbocycles. The van der Waals surface area contributed by atoms with Gasteiger partial charge in [-0.3, -0.25) is 4.79 Å². The number of aliphatic hydroxyl groups is 2. The molecule has 0 heterocycles. The molecule has 28 heavy (non-hydrogen) atoms. The van der Waals surface area contributed by atoms with Gasteiger partial charge in [0.2, 0.25) is 0 Å². The quantitative estimate of drug-likeness (QED) is 0.659. The maximum absolute atomic E-state index is 11.5. The van der Waals surface area contributed by atoms with Crippen LogP contribution in [-0.4, -0.2) is 33.5 Å². The second-order valence-electron chi connectivity index (χ2n) is 11.3. The summed E-state index contributed by atoms with van der Waals surface area (Å²) in [4.78, 5) is 11.1. The van der Waals surface area contributed by atoms with E-state index in [-0.39, 0.29) is 29.5 Å². The molecule has 3 N–H and O–H groups in total. The van der Waals surface area contributed by atoms with E-state index in [1.165, 1.54) is 19.3 Å². The largest absolute Gasteiger partial charge is 0.481 e. The summed E-state index contributed by atoms with van der Waals surface area (Å²) in [7, 11) is 0. The lowest BCUT2D eigenvalue weighted by Crippen LogP contribution is -2.58. The molecule has 0 radical (unpaired) electrons. The molecule has 160 valence electrons. The van der Waals surface area contributed by atoms with Crippen LogP contribution in [0.1, 0.15) is 85.0 Å². The number of aliphatic hydroxyl groups excluding tert-OH is 2. The molecule has 4 heteroatoms. The maximum atomic E-state index is 11.5. The van der Waals surface area contributed by atoms with Gasteiger partial charge in [0.25, 0.3) is 0 Å². The number of carbonyl (C=O) groups is 1. The Kier molecular flexibility index (Phi) is 5.36. The molecule has 9 unspecified atom stereocenters. The van der Waals surface area contributed by atoms with E-state index in [4.69, 9.17) is 5.11 Å². The molecular weight excluding hydrogens is 352 g/mol. The third kappa shape index (κ3) is 3.05. The fraction of sp³-hybridized carbons (Fsp3) is 0.958. The lowest BCUT2D eigenvalue weighted by Gasteiger charge is -2.62. The fourth-order valence-corrected chi connectivity index (χ4v) is 8.71. The minimum absolute atomic E-state index is 0.0591. The normalized spacial score (nSPS) is 51.7. The summed E-state index contributed by atoms with van der Waals surface area (Å²) in [5.74, 6) is 2.55. The average molecular weight is 393 g/mol. The molecule has 0 aliphatic heterocycles. The minimum Gasteiger partial charge on any atom is -0.481 e. The predicted octanol–water partition coefficient (Wildman–Crippen LogP) is 4.48. The highest BCUT2D eigenvalue weighted by Crippen LogP contribution is 2.68. The number of fused-ring (bicyclic) bond motifs is 5. The van der Waals surface area contributed by atoms with E-state index in [2.05, 4.69) is 20.8 Å². The van der Waals surface area contributed by atoms with Crippen molar-refractivity contribution in [2.45, 2.75) is 97.2 Å². The molecular formula is C24H40O4. The van der Waals surface area contributed by atoms with Gasteiger partial charge in [0.15, 0.2) is 0 Å². The first kappa shape index (κ1) is 20.7. The molecule has 0 aromatic rings. The van der Waals surface area contributed by atoms with Gasteiger partial charge in [-0.05, 0) is 104 Å². The SMILES string of the molecule is C[C@@H](CCC(=O)O)C1CCC2C3CCC4CC(O)CCC4(C)C3CC(O)C21C. The number of hydrogen-bond donors (Lipinski definition) is 3. The third-order valence-electron chi connectivity index (χ3n) is 10.3. The zero-order valence-electron chi connectivity index (χ0n) is 17.9. The Hall–Kier alpha value is -0.610. The molecule has 0 saturated heterocycles. The van der Waals surface area contributed by atoms with Crippen LogP contribution in [0.3, 0.4) is 0 Å². The Morgan fingerprint density at radius 1 is 1.04 bits per heavy atom. The maximum Gasteiger partial charge on any atom is 0.303 e. The smallest absolute Gasteiger partial charge is 0.303 e. The van der Waals surface area contributed by atoms with Crippen LogP contribution in [0.5, 0.6) is 0 Å². The van der Waals surface area contributed by atoms with Gasteiger partial charge in [0, 0.05) is 6.42 Å². The highest BCUT2D eigenvalue weighted by atomic mass is 16.4. The Bertz CT molecular complexity index is 605. The van der Waals surface area contributed by atoms with Crippen molar-refractivity contribution in [3.63, 3.8) is 0 Å². The van der Waals surface area contributed by atoms with Crippen molar-refractivity contribution in [1.29, 1.82) is 0 Å². The van der Waals surface area contributed by atoms with E-state index in [0.29, 0.717) is 35.5 Å². The van der Waals surface area contributed by atoms with Gasteiger partial charge in [-0.2, -0.15) is 0 Å². The van der Waals surface area contributed by atoms with Gasteiger partial charge < -0.3 is 15.3 Å². The summed E-state index contributed by atoms with van der Waals surface area (Å²) in [6.07, 6.45) is 9.26.